The Morgan fingerprint density at radius 2 is 1.05 bits per heavy atom. The number of benzene rings is 4. The van der Waals surface area contributed by atoms with Crippen LogP contribution in [0.1, 0.15) is 61.0 Å². The lowest BCUT2D eigenvalue weighted by Gasteiger charge is -2.22. The van der Waals surface area contributed by atoms with Crippen molar-refractivity contribution in [3.8, 4) is 22.3 Å². The van der Waals surface area contributed by atoms with Crippen LogP contribution in [0.15, 0.2) is 131 Å². The van der Waals surface area contributed by atoms with Gasteiger partial charge in [0.05, 0.1) is 34.3 Å². The summed E-state index contributed by atoms with van der Waals surface area (Å²) in [4.78, 5) is 32.6. The van der Waals surface area contributed by atoms with E-state index >= 15 is 0 Å². The summed E-state index contributed by atoms with van der Waals surface area (Å²) in [5.41, 5.74) is 1.65. The number of nitrogens with zero attached hydrogens (tertiary/aromatic N) is 3. The monoisotopic (exact) mass is 1120 g/mol. The molecule has 396 valence electrons. The molecule has 6 aromatic rings. The Bertz CT molecular complexity index is 3100. The van der Waals surface area contributed by atoms with Crippen LogP contribution < -0.4 is 5.32 Å². The van der Waals surface area contributed by atoms with Gasteiger partial charge >= 0.3 is 0 Å². The second-order valence-electron chi connectivity index (χ2n) is 16.7. The summed E-state index contributed by atoms with van der Waals surface area (Å²) in [5.74, 6) is -3.00. The Morgan fingerprint density at radius 3 is 1.46 bits per heavy atom. The molecule has 0 saturated carbocycles. The molecule has 4 atom stereocenters. The fourth-order valence-electron chi connectivity index (χ4n) is 7.73. The minimum absolute atomic E-state index is 0. The van der Waals surface area contributed by atoms with Crippen LogP contribution >= 0.6 is 23.1 Å². The Morgan fingerprint density at radius 1 is 0.622 bits per heavy atom. The number of pyridine rings is 2. The maximum Gasteiger partial charge on any atom is 0.263 e. The molecule has 2 fully saturated rings. The first-order chi connectivity index (χ1) is 34.5. The summed E-state index contributed by atoms with van der Waals surface area (Å²) < 4.78 is 180. The lowest BCUT2D eigenvalue weighted by atomic mass is 10.0. The third-order valence-corrected chi connectivity index (χ3v) is 14.8. The maximum absolute atomic E-state index is 14.4. The Labute approximate surface area is 430 Å². The highest BCUT2D eigenvalue weighted by atomic mass is 35.7. The standard InChI is InChI=1S/C25H21F5N2O3S.C19H18F4N2O.C6H4ClFO2S.ClH/c26-17-5-8-20(9-6-17)36(34,35)32-14-18(27)11-23(32)24(33)10-7-19-12-21(22(28)13-31-19)15-1-3-16(4-2-15)25(29)30;20-13-7-17(25-9-13)18(26)6-5-14-8-15(16(21)10-24-14)11-1-3-12(4-2-11)19(22)23;7-11(9,10)6-3-1-5(8)2-4-6;/h1-6,8-9,12-13,18,23,25H,7,10-11,14H2;1-4,8,10,13,17,19,25H,5-7,9H2;1-4H;1H/t18-,23+;13-,17+;;/m11../s1. The smallest absolute Gasteiger partial charge is 0.263 e. The van der Waals surface area contributed by atoms with Crippen LogP contribution in [-0.2, 0) is 41.5 Å². The van der Waals surface area contributed by atoms with Crippen LogP contribution in [0.5, 0.6) is 0 Å². The largest absolute Gasteiger partial charge is 0.304 e. The van der Waals surface area contributed by atoms with Gasteiger partial charge in [0.15, 0.2) is 5.78 Å². The van der Waals surface area contributed by atoms with E-state index in [2.05, 4.69) is 15.3 Å². The highest BCUT2D eigenvalue weighted by molar-refractivity contribution is 8.13. The van der Waals surface area contributed by atoms with E-state index in [0.717, 1.165) is 65.2 Å². The quantitative estimate of drug-likeness (QED) is 0.0785. The van der Waals surface area contributed by atoms with Crippen molar-refractivity contribution >= 4 is 53.7 Å². The zero-order valence-electron chi connectivity index (χ0n) is 38.3. The van der Waals surface area contributed by atoms with E-state index in [0.29, 0.717) is 28.9 Å². The molecule has 2 aromatic heterocycles. The predicted octanol–water partition coefficient (Wildman–Crippen LogP) is 11.5. The molecule has 24 heteroatoms. The van der Waals surface area contributed by atoms with Gasteiger partial charge in [0.1, 0.15) is 41.4 Å². The Kier molecular flexibility index (Phi) is 20.9. The second-order valence-corrected chi connectivity index (χ2v) is 21.1. The first-order valence-electron chi connectivity index (χ1n) is 22.1. The van der Waals surface area contributed by atoms with Gasteiger partial charge in [-0.3, -0.25) is 19.6 Å². The number of nitrogens with one attached hydrogen (secondary N) is 1. The number of aryl methyl sites for hydroxylation is 2. The molecule has 0 radical (unpaired) electrons. The lowest BCUT2D eigenvalue weighted by Crippen LogP contribution is -2.40. The van der Waals surface area contributed by atoms with Crippen molar-refractivity contribution in [3.05, 3.63) is 167 Å². The molecule has 1 N–H and O–H groups in total. The van der Waals surface area contributed by atoms with Gasteiger partial charge in [-0.2, -0.15) is 4.31 Å². The van der Waals surface area contributed by atoms with Gasteiger partial charge in [-0.1, -0.05) is 48.5 Å². The molecule has 0 unspecified atom stereocenters. The highest BCUT2D eigenvalue weighted by Crippen LogP contribution is 2.32. The van der Waals surface area contributed by atoms with Crippen LogP contribution in [-0.4, -0.2) is 80.2 Å². The summed E-state index contributed by atoms with van der Waals surface area (Å²) >= 11 is 0. The van der Waals surface area contributed by atoms with E-state index in [1.54, 1.807) is 0 Å². The third kappa shape index (κ3) is 15.9. The predicted molar refractivity (Wildman–Crippen MR) is 257 cm³/mol. The molecule has 10 nitrogen and oxygen atoms in total. The lowest BCUT2D eigenvalue weighted by molar-refractivity contribution is -0.122. The number of carbonyl (C=O) groups is 2. The van der Waals surface area contributed by atoms with E-state index in [4.69, 9.17) is 10.7 Å². The fraction of sp³-hybridized carbons (Fsp3) is 0.280. The van der Waals surface area contributed by atoms with Crippen molar-refractivity contribution < 1.29 is 70.3 Å². The highest BCUT2D eigenvalue weighted by Gasteiger charge is 2.43. The van der Waals surface area contributed by atoms with Crippen molar-refractivity contribution in [1.29, 1.82) is 0 Å². The topological polar surface area (TPSA) is 143 Å². The molecule has 4 aromatic carbocycles. The minimum Gasteiger partial charge on any atom is -0.304 e. The normalized spacial score (nSPS) is 17.7. The van der Waals surface area contributed by atoms with Crippen LogP contribution in [0.3, 0.4) is 0 Å². The first kappa shape index (κ1) is 59.1. The Balaban J connectivity index is 0.000000232. The molecule has 2 aliphatic rings. The Hall–Kier alpha value is -5.78. The van der Waals surface area contributed by atoms with Gasteiger partial charge in [-0.15, -0.1) is 12.4 Å². The van der Waals surface area contributed by atoms with E-state index in [1.165, 1.54) is 60.7 Å². The summed E-state index contributed by atoms with van der Waals surface area (Å²) in [5, 5.41) is 2.84. The zero-order chi connectivity index (χ0) is 53.2. The van der Waals surface area contributed by atoms with Gasteiger partial charge in [0, 0.05) is 83.1 Å². The van der Waals surface area contributed by atoms with E-state index < -0.39 is 91.9 Å². The van der Waals surface area contributed by atoms with Crippen LogP contribution in [0.25, 0.3) is 22.3 Å². The number of ketones is 2. The van der Waals surface area contributed by atoms with E-state index in [1.807, 2.05) is 0 Å². The molecule has 0 amide bonds. The maximum atomic E-state index is 14.4. The van der Waals surface area contributed by atoms with Crippen molar-refractivity contribution in [3.63, 3.8) is 0 Å². The summed E-state index contributed by atoms with van der Waals surface area (Å²) in [6.07, 6.45) is -5.59. The third-order valence-electron chi connectivity index (χ3n) is 11.6. The van der Waals surface area contributed by atoms with E-state index in [9.17, 15) is 70.3 Å². The summed E-state index contributed by atoms with van der Waals surface area (Å²) in [6.45, 7) is -0.312. The molecule has 2 saturated heterocycles. The molecular weight excluding hydrogens is 1080 g/mol. The summed E-state index contributed by atoms with van der Waals surface area (Å²) in [7, 11) is -2.99. The molecule has 2 aliphatic heterocycles. The van der Waals surface area contributed by atoms with Crippen molar-refractivity contribution in [2.75, 3.05) is 13.1 Å². The van der Waals surface area contributed by atoms with Crippen LogP contribution in [0.2, 0.25) is 0 Å². The minimum atomic E-state index is -4.24. The molecular formula is C50H44Cl2F10N4O6S2. The van der Waals surface area contributed by atoms with Crippen LogP contribution in [0.4, 0.5) is 43.9 Å². The number of alkyl halides is 6. The van der Waals surface area contributed by atoms with Gasteiger partial charge in [-0.25, -0.2) is 60.7 Å². The molecule has 8 rings (SSSR count). The van der Waals surface area contributed by atoms with Gasteiger partial charge in [-0.05, 0) is 84.6 Å². The zero-order valence-corrected chi connectivity index (χ0v) is 41.5. The number of rotatable bonds is 15. The van der Waals surface area contributed by atoms with Crippen molar-refractivity contribution in [2.45, 2.75) is 85.6 Å². The number of sulfonamides is 1. The second kappa shape index (κ2) is 26.1. The van der Waals surface area contributed by atoms with Crippen molar-refractivity contribution in [1.82, 2.24) is 19.6 Å². The molecule has 0 spiro atoms. The number of hydrogen-bond donors (Lipinski definition) is 1. The number of halogens is 12. The SMILES string of the molecule is Cl.O=C(CCc1cc(-c2ccc(C(F)F)cc2)c(F)cn1)[C@@H]1C[C@@H](F)CN1.O=C(CCc1cc(-c2ccc(C(F)F)cc2)c(F)cn1)[C@@H]1C[C@@H](F)CN1S(=O)(=O)c1ccc(F)cc1.O=S(=O)(Cl)c1ccc(F)cc1. The molecule has 4 heterocycles. The van der Waals surface area contributed by atoms with Crippen LogP contribution in [0, 0.1) is 23.3 Å². The molecule has 74 heavy (non-hydrogen) atoms. The number of carbonyl (C=O) groups excluding carboxylic acids is 2. The fourth-order valence-corrected chi connectivity index (χ4v) is 10.1. The molecule has 0 aliphatic carbocycles. The number of Topliss-reactive ketones (excluding diaryl/α,β-unsaturated/α-hetero) is 2. The van der Waals surface area contributed by atoms with Gasteiger partial charge in [0.25, 0.3) is 21.9 Å². The van der Waals surface area contributed by atoms with Crippen molar-refractivity contribution in [2.24, 2.45) is 0 Å². The number of hydrogen-bond acceptors (Lipinski definition) is 9. The first-order valence-corrected chi connectivity index (χ1v) is 25.9. The summed E-state index contributed by atoms with van der Waals surface area (Å²) in [6, 6.07) is 20.0. The average Bonchev–Trinajstić information content (AvgIpc) is 3.99. The number of aromatic nitrogens is 2. The van der Waals surface area contributed by atoms with Gasteiger partial charge in [0.2, 0.25) is 10.0 Å². The van der Waals surface area contributed by atoms with Gasteiger partial charge < -0.3 is 5.32 Å². The molecule has 0 bridgehead atoms. The average molecular weight is 1120 g/mol. The van der Waals surface area contributed by atoms with E-state index in [-0.39, 0.29) is 88.9 Å².